The van der Waals surface area contributed by atoms with Crippen molar-refractivity contribution in [3.8, 4) is 0 Å². The van der Waals surface area contributed by atoms with Crippen LogP contribution in [0, 0.1) is 6.92 Å². The van der Waals surface area contributed by atoms with Crippen molar-refractivity contribution >= 4 is 33.3 Å². The number of benzene rings is 1. The Bertz CT molecular complexity index is 598. The van der Waals surface area contributed by atoms with E-state index in [4.69, 9.17) is 5.84 Å². The molecule has 0 aliphatic rings. The highest BCUT2D eigenvalue weighted by Crippen LogP contribution is 2.18. The van der Waals surface area contributed by atoms with Crippen molar-refractivity contribution in [1.82, 2.24) is 4.98 Å². The lowest BCUT2D eigenvalue weighted by atomic mass is 10.2. The average molecular weight is 321 g/mol. The van der Waals surface area contributed by atoms with Crippen LogP contribution in [0.25, 0.3) is 0 Å². The molecule has 0 fully saturated rings. The number of carbonyl (C=O) groups excluding carboxylic acids is 1. The fourth-order valence-corrected chi connectivity index (χ4v) is 1.73. The first-order valence-electron chi connectivity index (χ1n) is 5.60. The highest BCUT2D eigenvalue weighted by molar-refractivity contribution is 9.10. The molecule has 19 heavy (non-hydrogen) atoms. The van der Waals surface area contributed by atoms with Crippen LogP contribution in [-0.2, 0) is 0 Å². The van der Waals surface area contributed by atoms with Crippen molar-refractivity contribution < 1.29 is 4.79 Å². The Morgan fingerprint density at radius 3 is 2.58 bits per heavy atom. The van der Waals surface area contributed by atoms with Gasteiger partial charge in [-0.2, -0.15) is 0 Å². The van der Waals surface area contributed by atoms with Gasteiger partial charge in [0, 0.05) is 21.9 Å². The smallest absolute Gasteiger partial charge is 0.256 e. The number of aromatic nitrogens is 1. The van der Waals surface area contributed by atoms with Crippen LogP contribution in [0.2, 0.25) is 0 Å². The zero-order valence-electron chi connectivity index (χ0n) is 10.3. The Morgan fingerprint density at radius 2 is 2.00 bits per heavy atom. The number of anilines is 2. The summed E-state index contributed by atoms with van der Waals surface area (Å²) in [5.74, 6) is 5.58. The largest absolute Gasteiger partial charge is 0.324 e. The number of carbonyl (C=O) groups is 1. The van der Waals surface area contributed by atoms with E-state index in [0.29, 0.717) is 11.4 Å². The lowest BCUT2D eigenvalue weighted by Crippen LogP contribution is -2.13. The average Bonchev–Trinajstić information content (AvgIpc) is 2.43. The van der Waals surface area contributed by atoms with E-state index in [9.17, 15) is 4.79 Å². The molecule has 5 nitrogen and oxygen atoms in total. The number of amides is 1. The highest BCUT2D eigenvalue weighted by Gasteiger charge is 2.07. The molecule has 0 aliphatic heterocycles. The Hall–Kier alpha value is -1.92. The minimum atomic E-state index is -0.210. The van der Waals surface area contributed by atoms with E-state index in [1.807, 2.05) is 6.92 Å². The highest BCUT2D eigenvalue weighted by atomic mass is 79.9. The van der Waals surface area contributed by atoms with Crippen LogP contribution in [-0.4, -0.2) is 10.9 Å². The second kappa shape index (κ2) is 5.81. The molecule has 0 saturated carbocycles. The van der Waals surface area contributed by atoms with E-state index >= 15 is 0 Å². The number of nitrogens with two attached hydrogens (primary N) is 1. The number of hydrazine groups is 1. The molecule has 0 saturated heterocycles. The van der Waals surface area contributed by atoms with Gasteiger partial charge in [0.05, 0.1) is 0 Å². The first-order chi connectivity index (χ1) is 9.10. The molecule has 0 bridgehead atoms. The third-order valence-electron chi connectivity index (χ3n) is 2.60. The fourth-order valence-electron chi connectivity index (χ4n) is 1.51. The van der Waals surface area contributed by atoms with Crippen molar-refractivity contribution in [3.63, 3.8) is 0 Å². The molecule has 0 unspecified atom stereocenters. The predicted molar refractivity (Wildman–Crippen MR) is 78.9 cm³/mol. The summed E-state index contributed by atoms with van der Waals surface area (Å²) in [5, 5.41) is 2.74. The maximum atomic E-state index is 12.0. The van der Waals surface area contributed by atoms with Crippen molar-refractivity contribution in [2.24, 2.45) is 5.84 Å². The predicted octanol–water partition coefficient (Wildman–Crippen LogP) is 2.69. The second-order valence-electron chi connectivity index (χ2n) is 3.99. The van der Waals surface area contributed by atoms with Gasteiger partial charge in [0.25, 0.3) is 5.91 Å². The van der Waals surface area contributed by atoms with Crippen LogP contribution in [0.1, 0.15) is 15.9 Å². The van der Waals surface area contributed by atoms with E-state index in [-0.39, 0.29) is 5.91 Å². The fraction of sp³-hybridized carbons (Fsp3) is 0.0769. The Morgan fingerprint density at radius 1 is 1.32 bits per heavy atom. The van der Waals surface area contributed by atoms with Crippen LogP contribution in [0.15, 0.2) is 41.0 Å². The van der Waals surface area contributed by atoms with Gasteiger partial charge < -0.3 is 10.7 Å². The monoisotopic (exact) mass is 320 g/mol. The topological polar surface area (TPSA) is 80.0 Å². The molecule has 1 aromatic carbocycles. The van der Waals surface area contributed by atoms with E-state index in [1.165, 1.54) is 0 Å². The summed E-state index contributed by atoms with van der Waals surface area (Å²) in [6.07, 6.45) is 1.66. The van der Waals surface area contributed by atoms with Gasteiger partial charge in [0.15, 0.2) is 0 Å². The number of nitrogens with one attached hydrogen (secondary N) is 2. The minimum absolute atomic E-state index is 0.210. The molecule has 0 spiro atoms. The standard InChI is InChI=1S/C13H13BrN4O/c1-8-6-12(16-7-11(8)14)17-13(19)9-2-4-10(18-15)5-3-9/h2-7,18H,15H2,1H3,(H,16,17,19). The molecule has 2 aromatic rings. The maximum Gasteiger partial charge on any atom is 0.256 e. The molecule has 0 aliphatic carbocycles. The first kappa shape index (κ1) is 13.5. The second-order valence-corrected chi connectivity index (χ2v) is 4.85. The SMILES string of the molecule is Cc1cc(NC(=O)c2ccc(NN)cc2)ncc1Br. The molecule has 1 aromatic heterocycles. The molecule has 0 atom stereocenters. The Kier molecular flexibility index (Phi) is 4.13. The summed E-state index contributed by atoms with van der Waals surface area (Å²) in [7, 11) is 0. The number of nitrogens with zero attached hydrogens (tertiary/aromatic N) is 1. The van der Waals surface area contributed by atoms with Gasteiger partial charge in [-0.05, 0) is 58.7 Å². The maximum absolute atomic E-state index is 12.0. The molecule has 98 valence electrons. The van der Waals surface area contributed by atoms with Gasteiger partial charge in [-0.15, -0.1) is 0 Å². The number of hydrogen-bond acceptors (Lipinski definition) is 4. The zero-order valence-corrected chi connectivity index (χ0v) is 11.9. The van der Waals surface area contributed by atoms with Gasteiger partial charge in [-0.1, -0.05) is 0 Å². The van der Waals surface area contributed by atoms with Crippen LogP contribution >= 0.6 is 15.9 Å². The summed E-state index contributed by atoms with van der Waals surface area (Å²) >= 11 is 3.36. The van der Waals surface area contributed by atoms with Crippen LogP contribution < -0.4 is 16.6 Å². The van der Waals surface area contributed by atoms with E-state index in [2.05, 4.69) is 31.7 Å². The molecule has 1 amide bonds. The Balaban J connectivity index is 2.13. The molecule has 4 N–H and O–H groups in total. The number of halogens is 1. The lowest BCUT2D eigenvalue weighted by molar-refractivity contribution is 0.102. The summed E-state index contributed by atoms with van der Waals surface area (Å²) in [5.41, 5.74) is 4.80. The summed E-state index contributed by atoms with van der Waals surface area (Å²) in [6.45, 7) is 1.93. The van der Waals surface area contributed by atoms with Crippen LogP contribution in [0.4, 0.5) is 11.5 Å². The third kappa shape index (κ3) is 3.30. The van der Waals surface area contributed by atoms with E-state index in [1.54, 1.807) is 36.5 Å². The van der Waals surface area contributed by atoms with E-state index in [0.717, 1.165) is 15.7 Å². The van der Waals surface area contributed by atoms with Gasteiger partial charge in [-0.25, -0.2) is 4.98 Å². The number of pyridine rings is 1. The van der Waals surface area contributed by atoms with Gasteiger partial charge in [0.2, 0.25) is 0 Å². The number of hydrogen-bond donors (Lipinski definition) is 3. The zero-order chi connectivity index (χ0) is 13.8. The van der Waals surface area contributed by atoms with Crippen LogP contribution in [0.3, 0.4) is 0 Å². The summed E-state index contributed by atoms with van der Waals surface area (Å²) in [4.78, 5) is 16.1. The normalized spacial score (nSPS) is 10.1. The quantitative estimate of drug-likeness (QED) is 0.600. The molecule has 2 rings (SSSR count). The van der Waals surface area contributed by atoms with Crippen molar-refractivity contribution in [2.45, 2.75) is 6.92 Å². The molecule has 0 radical (unpaired) electrons. The van der Waals surface area contributed by atoms with Crippen molar-refractivity contribution in [1.29, 1.82) is 0 Å². The molecular formula is C13H13BrN4O. The third-order valence-corrected chi connectivity index (χ3v) is 3.43. The van der Waals surface area contributed by atoms with Gasteiger partial charge in [-0.3, -0.25) is 10.6 Å². The Labute approximate surface area is 119 Å². The lowest BCUT2D eigenvalue weighted by Gasteiger charge is -2.07. The van der Waals surface area contributed by atoms with Crippen molar-refractivity contribution in [2.75, 3.05) is 10.7 Å². The van der Waals surface area contributed by atoms with Gasteiger partial charge >= 0.3 is 0 Å². The van der Waals surface area contributed by atoms with Crippen LogP contribution in [0.5, 0.6) is 0 Å². The van der Waals surface area contributed by atoms with Crippen molar-refractivity contribution in [3.05, 3.63) is 52.1 Å². The van der Waals surface area contributed by atoms with E-state index < -0.39 is 0 Å². The first-order valence-corrected chi connectivity index (χ1v) is 6.39. The molecule has 1 heterocycles. The van der Waals surface area contributed by atoms with Gasteiger partial charge in [0.1, 0.15) is 5.82 Å². The summed E-state index contributed by atoms with van der Waals surface area (Å²) < 4.78 is 0.906. The minimum Gasteiger partial charge on any atom is -0.324 e. The number of rotatable bonds is 3. The summed E-state index contributed by atoms with van der Waals surface area (Å²) in [6, 6.07) is 8.65. The number of aryl methyl sites for hydroxylation is 1. The molecular weight excluding hydrogens is 308 g/mol. The number of nitrogen functional groups attached to an aromatic ring is 1. The molecule has 6 heteroatoms.